The fraction of sp³-hybridized carbons (Fsp3) is 0.278. The van der Waals surface area contributed by atoms with Crippen molar-refractivity contribution in [2.24, 2.45) is 0 Å². The number of carbonyl (C=O) groups is 2. The van der Waals surface area contributed by atoms with E-state index in [1.165, 1.54) is 16.7 Å². The molecule has 1 atom stereocenters. The van der Waals surface area contributed by atoms with E-state index < -0.39 is 28.5 Å². The summed E-state index contributed by atoms with van der Waals surface area (Å²) in [5.74, 6) is -0.489. The van der Waals surface area contributed by atoms with Crippen molar-refractivity contribution < 1.29 is 22.7 Å². The van der Waals surface area contributed by atoms with Gasteiger partial charge >= 0.3 is 0 Å². The minimum Gasteiger partial charge on any atom is -0.492 e. The number of carbonyl (C=O) groups excluding carboxylic acids is 2. The Balaban J connectivity index is 1.82. The van der Waals surface area contributed by atoms with Crippen LogP contribution in [-0.2, 0) is 32.6 Å². The summed E-state index contributed by atoms with van der Waals surface area (Å²) in [5, 5.41) is 2.96. The number of ether oxygens (including phenoxy) is 1. The van der Waals surface area contributed by atoms with Gasteiger partial charge in [-0.1, -0.05) is 79.7 Å². The SMILES string of the molecule is CCCNC(=O)[C@H](Cc1ccccc1)N(Cc1ccccc1)C(=O)CN(c1ccccc1OCC)S(=O)(=O)c1ccc(SC)cc1. The molecule has 0 aliphatic heterocycles. The third-order valence-corrected chi connectivity index (χ3v) is 9.89. The second kappa shape index (κ2) is 16.9. The first-order chi connectivity index (χ1) is 22.3. The van der Waals surface area contributed by atoms with Crippen LogP contribution in [0.4, 0.5) is 5.69 Å². The van der Waals surface area contributed by atoms with Crippen LogP contribution in [0.5, 0.6) is 5.75 Å². The minimum absolute atomic E-state index is 0.0422. The summed E-state index contributed by atoms with van der Waals surface area (Å²) in [6, 6.07) is 31.3. The lowest BCUT2D eigenvalue weighted by Gasteiger charge is -2.34. The zero-order valence-electron chi connectivity index (χ0n) is 26.5. The van der Waals surface area contributed by atoms with E-state index >= 15 is 0 Å². The van der Waals surface area contributed by atoms with E-state index in [9.17, 15) is 18.0 Å². The van der Waals surface area contributed by atoms with E-state index in [-0.39, 0.29) is 29.5 Å². The summed E-state index contributed by atoms with van der Waals surface area (Å²) < 4.78 is 35.6. The van der Waals surface area contributed by atoms with Crippen LogP contribution < -0.4 is 14.4 Å². The van der Waals surface area contributed by atoms with Gasteiger partial charge < -0.3 is 15.0 Å². The number of anilines is 1. The van der Waals surface area contributed by atoms with E-state index in [4.69, 9.17) is 4.74 Å². The third-order valence-electron chi connectivity index (χ3n) is 7.38. The average Bonchev–Trinajstić information content (AvgIpc) is 3.09. The van der Waals surface area contributed by atoms with E-state index in [1.54, 1.807) is 48.5 Å². The predicted octanol–water partition coefficient (Wildman–Crippen LogP) is 6.17. The normalized spacial score (nSPS) is 11.8. The molecular formula is C36H41N3O5S2. The van der Waals surface area contributed by atoms with Gasteiger partial charge in [0, 0.05) is 24.4 Å². The summed E-state index contributed by atoms with van der Waals surface area (Å²) in [6.07, 6.45) is 2.90. The molecule has 2 amide bonds. The average molecular weight is 660 g/mol. The molecule has 1 N–H and O–H groups in total. The van der Waals surface area contributed by atoms with Gasteiger partial charge in [-0.25, -0.2) is 8.42 Å². The molecule has 8 nitrogen and oxygen atoms in total. The van der Waals surface area contributed by atoms with Crippen LogP contribution in [-0.4, -0.2) is 57.1 Å². The molecule has 0 fully saturated rings. The summed E-state index contributed by atoms with van der Waals surface area (Å²) in [6.45, 7) is 4.09. The van der Waals surface area contributed by atoms with E-state index in [0.29, 0.717) is 18.9 Å². The number of rotatable bonds is 16. The molecule has 0 saturated carbocycles. The van der Waals surface area contributed by atoms with Crippen LogP contribution in [0.1, 0.15) is 31.4 Å². The van der Waals surface area contributed by atoms with Crippen molar-refractivity contribution in [3.8, 4) is 5.75 Å². The maximum absolute atomic E-state index is 14.6. The summed E-state index contributed by atoms with van der Waals surface area (Å²) in [4.78, 5) is 30.8. The molecule has 0 aliphatic rings. The number of para-hydroxylation sites is 2. The van der Waals surface area contributed by atoms with E-state index in [1.807, 2.05) is 80.8 Å². The highest BCUT2D eigenvalue weighted by atomic mass is 32.2. The van der Waals surface area contributed by atoms with Crippen LogP contribution in [0.15, 0.2) is 119 Å². The molecule has 4 aromatic carbocycles. The van der Waals surface area contributed by atoms with Crippen molar-refractivity contribution in [1.82, 2.24) is 10.2 Å². The van der Waals surface area contributed by atoms with Crippen molar-refractivity contribution in [3.63, 3.8) is 0 Å². The number of amides is 2. The monoisotopic (exact) mass is 659 g/mol. The molecule has 46 heavy (non-hydrogen) atoms. The first kappa shape index (κ1) is 34.6. The zero-order chi connectivity index (χ0) is 32.9. The van der Waals surface area contributed by atoms with Crippen molar-refractivity contribution in [2.45, 2.75) is 49.1 Å². The topological polar surface area (TPSA) is 96.0 Å². The molecule has 0 unspecified atom stereocenters. The maximum atomic E-state index is 14.6. The van der Waals surface area contributed by atoms with Gasteiger partial charge in [0.1, 0.15) is 18.3 Å². The molecule has 10 heteroatoms. The predicted molar refractivity (Wildman–Crippen MR) is 185 cm³/mol. The Bertz CT molecular complexity index is 1670. The number of hydrogen-bond acceptors (Lipinski definition) is 6. The number of benzene rings is 4. The summed E-state index contributed by atoms with van der Waals surface area (Å²) in [7, 11) is -4.24. The Labute approximate surface area is 276 Å². The minimum atomic E-state index is -4.24. The highest BCUT2D eigenvalue weighted by Crippen LogP contribution is 2.33. The van der Waals surface area contributed by atoms with Gasteiger partial charge in [-0.05, 0) is 67.1 Å². The van der Waals surface area contributed by atoms with Crippen molar-refractivity contribution in [1.29, 1.82) is 0 Å². The van der Waals surface area contributed by atoms with Crippen molar-refractivity contribution in [3.05, 3.63) is 120 Å². The molecule has 0 bridgehead atoms. The van der Waals surface area contributed by atoms with Crippen molar-refractivity contribution >= 4 is 39.3 Å². The Hall–Kier alpha value is -4.28. The molecule has 242 valence electrons. The molecule has 4 aromatic rings. The highest BCUT2D eigenvalue weighted by Gasteiger charge is 2.35. The molecule has 0 aromatic heterocycles. The number of nitrogens with one attached hydrogen (secondary N) is 1. The molecular weight excluding hydrogens is 619 g/mol. The fourth-order valence-corrected chi connectivity index (χ4v) is 6.86. The van der Waals surface area contributed by atoms with Crippen LogP contribution in [0.25, 0.3) is 0 Å². The quantitative estimate of drug-likeness (QED) is 0.145. The molecule has 0 aliphatic carbocycles. The second-order valence-corrected chi connectivity index (χ2v) is 13.3. The fourth-order valence-electron chi connectivity index (χ4n) is 5.03. The van der Waals surface area contributed by atoms with Gasteiger partial charge in [0.15, 0.2) is 0 Å². The molecule has 0 radical (unpaired) electrons. The van der Waals surface area contributed by atoms with Crippen LogP contribution in [0, 0.1) is 0 Å². The van der Waals surface area contributed by atoms with Gasteiger partial charge in [0.25, 0.3) is 10.0 Å². The number of nitrogens with zero attached hydrogens (tertiary/aromatic N) is 2. The largest absolute Gasteiger partial charge is 0.492 e. The standard InChI is InChI=1S/C36H41N3O5S2/c1-4-24-37-36(41)33(25-28-14-8-6-9-15-28)38(26-29-16-10-7-11-17-29)35(40)27-39(32-18-12-13-19-34(32)44-5-2)46(42,43)31-22-20-30(45-3)21-23-31/h6-23,33H,4-5,24-27H2,1-3H3,(H,37,41)/t33-/m0/s1. The first-order valence-corrected chi connectivity index (χ1v) is 18.0. The first-order valence-electron chi connectivity index (χ1n) is 15.3. The number of sulfonamides is 1. The summed E-state index contributed by atoms with van der Waals surface area (Å²) in [5.41, 5.74) is 1.93. The van der Waals surface area contributed by atoms with E-state index in [0.717, 1.165) is 26.7 Å². The van der Waals surface area contributed by atoms with Crippen LogP contribution in [0.2, 0.25) is 0 Å². The Morgan fingerprint density at radius 2 is 1.43 bits per heavy atom. The highest BCUT2D eigenvalue weighted by molar-refractivity contribution is 7.98. The van der Waals surface area contributed by atoms with Crippen molar-refractivity contribution in [2.75, 3.05) is 30.3 Å². The lowest BCUT2D eigenvalue weighted by atomic mass is 10.0. The Kier molecular flexibility index (Phi) is 12.7. The second-order valence-electron chi connectivity index (χ2n) is 10.6. The Morgan fingerprint density at radius 1 is 0.826 bits per heavy atom. The number of hydrogen-bond donors (Lipinski definition) is 1. The van der Waals surface area contributed by atoms with Gasteiger partial charge in [-0.3, -0.25) is 13.9 Å². The van der Waals surface area contributed by atoms with Gasteiger partial charge in [-0.15, -0.1) is 11.8 Å². The summed E-state index contributed by atoms with van der Waals surface area (Å²) >= 11 is 1.50. The molecule has 4 rings (SSSR count). The molecule has 0 saturated heterocycles. The van der Waals surface area contributed by atoms with Gasteiger partial charge in [0.05, 0.1) is 17.2 Å². The molecule has 0 heterocycles. The Morgan fingerprint density at radius 3 is 2.04 bits per heavy atom. The third kappa shape index (κ3) is 8.92. The molecule has 0 spiro atoms. The maximum Gasteiger partial charge on any atom is 0.264 e. The van der Waals surface area contributed by atoms with Crippen LogP contribution >= 0.6 is 11.8 Å². The lowest BCUT2D eigenvalue weighted by Crippen LogP contribution is -2.53. The zero-order valence-corrected chi connectivity index (χ0v) is 28.1. The van der Waals surface area contributed by atoms with E-state index in [2.05, 4.69) is 5.32 Å². The van der Waals surface area contributed by atoms with Gasteiger partial charge in [-0.2, -0.15) is 0 Å². The smallest absolute Gasteiger partial charge is 0.264 e. The lowest BCUT2D eigenvalue weighted by molar-refractivity contribution is -0.140. The van der Waals surface area contributed by atoms with Crippen LogP contribution in [0.3, 0.4) is 0 Å². The number of thioether (sulfide) groups is 1. The van der Waals surface area contributed by atoms with Gasteiger partial charge in [0.2, 0.25) is 11.8 Å².